The van der Waals surface area contributed by atoms with E-state index in [1.807, 2.05) is 6.92 Å². The van der Waals surface area contributed by atoms with Gasteiger partial charge in [-0.2, -0.15) is 4.31 Å². The van der Waals surface area contributed by atoms with Crippen molar-refractivity contribution in [1.29, 1.82) is 0 Å². The molecule has 0 unspecified atom stereocenters. The first kappa shape index (κ1) is 18.9. The number of carbonyl (C=O) groups is 1. The Kier molecular flexibility index (Phi) is 6.74. The molecule has 2 rings (SSSR count). The highest BCUT2D eigenvalue weighted by Crippen LogP contribution is 2.27. The van der Waals surface area contributed by atoms with Gasteiger partial charge in [-0.25, -0.2) is 12.8 Å². The van der Waals surface area contributed by atoms with Gasteiger partial charge in [0.2, 0.25) is 15.9 Å². The average molecular weight is 356 g/mol. The van der Waals surface area contributed by atoms with E-state index in [4.69, 9.17) is 0 Å². The van der Waals surface area contributed by atoms with Gasteiger partial charge in [0, 0.05) is 26.1 Å². The van der Waals surface area contributed by atoms with Gasteiger partial charge >= 0.3 is 0 Å². The smallest absolute Gasteiger partial charge is 0.245 e. The van der Waals surface area contributed by atoms with E-state index in [1.54, 1.807) is 0 Å². The molecule has 1 aliphatic rings. The number of amides is 1. The third kappa shape index (κ3) is 4.77. The minimum Gasteiger partial charge on any atom is -0.356 e. The van der Waals surface area contributed by atoms with Crippen LogP contribution in [0.25, 0.3) is 0 Å². The van der Waals surface area contributed by atoms with Crippen molar-refractivity contribution < 1.29 is 17.6 Å². The first-order valence-electron chi connectivity index (χ1n) is 8.46. The number of carbonyl (C=O) groups excluding carboxylic acids is 1. The third-order valence-electron chi connectivity index (χ3n) is 4.38. The molecule has 0 aliphatic carbocycles. The number of hydrogen-bond donors (Lipinski definition) is 1. The summed E-state index contributed by atoms with van der Waals surface area (Å²) in [5.41, 5.74) is 0. The predicted molar refractivity (Wildman–Crippen MR) is 90.4 cm³/mol. The Morgan fingerprint density at radius 3 is 2.58 bits per heavy atom. The SMILES string of the molecule is CCCNC(=O)CCC1CCN(S(=O)(=O)c2ccccc2F)CC1. The number of rotatable bonds is 7. The Balaban J connectivity index is 1.86. The van der Waals surface area contributed by atoms with Crippen molar-refractivity contribution in [3.8, 4) is 0 Å². The van der Waals surface area contributed by atoms with Crippen LogP contribution in [0.5, 0.6) is 0 Å². The Morgan fingerprint density at radius 2 is 1.96 bits per heavy atom. The van der Waals surface area contributed by atoms with Gasteiger partial charge < -0.3 is 5.32 Å². The fraction of sp³-hybridized carbons (Fsp3) is 0.588. The monoisotopic (exact) mass is 356 g/mol. The van der Waals surface area contributed by atoms with Crippen molar-refractivity contribution in [1.82, 2.24) is 9.62 Å². The standard InChI is InChI=1S/C17H25FN2O3S/c1-2-11-19-17(21)8-7-14-9-12-20(13-10-14)24(22,23)16-6-4-3-5-15(16)18/h3-6,14H,2,7-13H2,1H3,(H,19,21). The average Bonchev–Trinajstić information content (AvgIpc) is 2.58. The van der Waals surface area contributed by atoms with Crippen molar-refractivity contribution in [2.24, 2.45) is 5.92 Å². The van der Waals surface area contributed by atoms with Crippen LogP contribution >= 0.6 is 0 Å². The van der Waals surface area contributed by atoms with E-state index >= 15 is 0 Å². The molecular formula is C17H25FN2O3S. The number of nitrogens with zero attached hydrogens (tertiary/aromatic N) is 1. The highest BCUT2D eigenvalue weighted by molar-refractivity contribution is 7.89. The summed E-state index contributed by atoms with van der Waals surface area (Å²) in [6.45, 7) is 3.44. The third-order valence-corrected chi connectivity index (χ3v) is 6.31. The molecule has 1 aliphatic heterocycles. The molecule has 1 heterocycles. The van der Waals surface area contributed by atoms with Gasteiger partial charge in [0.05, 0.1) is 0 Å². The van der Waals surface area contributed by atoms with Gasteiger partial charge in [-0.1, -0.05) is 19.1 Å². The zero-order valence-corrected chi connectivity index (χ0v) is 14.8. The number of piperidine rings is 1. The molecule has 0 aromatic heterocycles. The molecule has 1 amide bonds. The maximum atomic E-state index is 13.8. The summed E-state index contributed by atoms with van der Waals surface area (Å²) >= 11 is 0. The first-order valence-corrected chi connectivity index (χ1v) is 9.90. The summed E-state index contributed by atoms with van der Waals surface area (Å²) < 4.78 is 40.2. The van der Waals surface area contributed by atoms with Crippen LogP contribution in [0.4, 0.5) is 4.39 Å². The van der Waals surface area contributed by atoms with Gasteiger partial charge in [-0.3, -0.25) is 4.79 Å². The summed E-state index contributed by atoms with van der Waals surface area (Å²) in [5, 5.41) is 2.85. The van der Waals surface area contributed by atoms with E-state index in [2.05, 4.69) is 5.32 Å². The van der Waals surface area contributed by atoms with Gasteiger partial charge in [-0.15, -0.1) is 0 Å². The molecule has 0 bridgehead atoms. The molecule has 1 fully saturated rings. The minimum atomic E-state index is -3.78. The topological polar surface area (TPSA) is 66.5 Å². The van der Waals surface area contributed by atoms with E-state index in [-0.39, 0.29) is 10.8 Å². The van der Waals surface area contributed by atoms with Crippen molar-refractivity contribution in [3.63, 3.8) is 0 Å². The predicted octanol–water partition coefficient (Wildman–Crippen LogP) is 2.53. The summed E-state index contributed by atoms with van der Waals surface area (Å²) in [7, 11) is -3.78. The first-order chi connectivity index (χ1) is 11.4. The molecule has 0 saturated carbocycles. The lowest BCUT2D eigenvalue weighted by Crippen LogP contribution is -2.39. The van der Waals surface area contributed by atoms with Crippen molar-refractivity contribution >= 4 is 15.9 Å². The summed E-state index contributed by atoms with van der Waals surface area (Å²) in [5.74, 6) is -0.324. The highest BCUT2D eigenvalue weighted by atomic mass is 32.2. The van der Waals surface area contributed by atoms with Crippen molar-refractivity contribution in [2.75, 3.05) is 19.6 Å². The molecule has 134 valence electrons. The fourth-order valence-corrected chi connectivity index (χ4v) is 4.45. The molecule has 1 aromatic carbocycles. The molecule has 24 heavy (non-hydrogen) atoms. The lowest BCUT2D eigenvalue weighted by Gasteiger charge is -2.31. The quantitative estimate of drug-likeness (QED) is 0.816. The molecule has 5 nitrogen and oxygen atoms in total. The Hall–Kier alpha value is -1.47. The van der Waals surface area contributed by atoms with Crippen LogP contribution in [0.15, 0.2) is 29.2 Å². The summed E-state index contributed by atoms with van der Waals surface area (Å²) in [6, 6.07) is 5.46. The number of sulfonamides is 1. The maximum absolute atomic E-state index is 13.8. The van der Waals surface area contributed by atoms with Crippen LogP contribution in [0.2, 0.25) is 0 Å². The minimum absolute atomic E-state index is 0.0539. The van der Waals surface area contributed by atoms with Crippen LogP contribution in [0, 0.1) is 11.7 Å². The molecule has 7 heteroatoms. The molecule has 1 saturated heterocycles. The molecular weight excluding hydrogens is 331 g/mol. The van der Waals surface area contributed by atoms with E-state index in [9.17, 15) is 17.6 Å². The van der Waals surface area contributed by atoms with Crippen LogP contribution in [-0.4, -0.2) is 38.3 Å². The molecule has 0 spiro atoms. The second kappa shape index (κ2) is 8.58. The van der Waals surface area contributed by atoms with E-state index in [0.717, 1.165) is 18.9 Å². The highest BCUT2D eigenvalue weighted by Gasteiger charge is 2.31. The molecule has 1 aromatic rings. The van der Waals surface area contributed by atoms with Gasteiger partial charge in [0.25, 0.3) is 0 Å². The van der Waals surface area contributed by atoms with Gasteiger partial charge in [0.1, 0.15) is 10.7 Å². The summed E-state index contributed by atoms with van der Waals surface area (Å²) in [6.07, 6.45) is 3.56. The Labute approximate surface area is 143 Å². The number of halogens is 1. The van der Waals surface area contributed by atoms with Crippen LogP contribution in [-0.2, 0) is 14.8 Å². The van der Waals surface area contributed by atoms with E-state index in [0.29, 0.717) is 44.8 Å². The maximum Gasteiger partial charge on any atom is 0.245 e. The van der Waals surface area contributed by atoms with Crippen LogP contribution < -0.4 is 5.32 Å². The zero-order chi connectivity index (χ0) is 17.6. The second-order valence-electron chi connectivity index (χ2n) is 6.17. The van der Waals surface area contributed by atoms with Gasteiger partial charge in [-0.05, 0) is 43.7 Å². The van der Waals surface area contributed by atoms with Crippen LogP contribution in [0.1, 0.15) is 39.0 Å². The van der Waals surface area contributed by atoms with E-state index < -0.39 is 15.8 Å². The lowest BCUT2D eigenvalue weighted by molar-refractivity contribution is -0.121. The normalized spacial score (nSPS) is 16.9. The number of hydrogen-bond acceptors (Lipinski definition) is 3. The zero-order valence-electron chi connectivity index (χ0n) is 14.0. The summed E-state index contributed by atoms with van der Waals surface area (Å²) in [4.78, 5) is 11.4. The number of benzene rings is 1. The van der Waals surface area contributed by atoms with Crippen LogP contribution in [0.3, 0.4) is 0 Å². The largest absolute Gasteiger partial charge is 0.356 e. The molecule has 1 N–H and O–H groups in total. The number of nitrogens with one attached hydrogen (secondary N) is 1. The molecule has 0 atom stereocenters. The molecule has 0 radical (unpaired) electrons. The Morgan fingerprint density at radius 1 is 1.29 bits per heavy atom. The van der Waals surface area contributed by atoms with Gasteiger partial charge in [0.15, 0.2) is 0 Å². The van der Waals surface area contributed by atoms with E-state index in [1.165, 1.54) is 22.5 Å². The lowest BCUT2D eigenvalue weighted by atomic mass is 9.93. The fourth-order valence-electron chi connectivity index (χ4n) is 2.92. The van der Waals surface area contributed by atoms with Crippen molar-refractivity contribution in [2.45, 2.75) is 43.9 Å². The second-order valence-corrected chi connectivity index (χ2v) is 8.07. The Bertz CT molecular complexity index is 656. The van der Waals surface area contributed by atoms with Crippen molar-refractivity contribution in [3.05, 3.63) is 30.1 Å².